The van der Waals surface area contributed by atoms with Gasteiger partial charge in [0.15, 0.2) is 0 Å². The van der Waals surface area contributed by atoms with Gasteiger partial charge < -0.3 is 9.73 Å². The number of nitrogens with one attached hydrogen (secondary N) is 1. The molecule has 0 saturated heterocycles. The van der Waals surface area contributed by atoms with Crippen LogP contribution in [0.5, 0.6) is 0 Å². The molecule has 15 heavy (non-hydrogen) atoms. The Kier molecular flexibility index (Phi) is 3.34. The molecule has 2 aromatic rings. The molecule has 1 aromatic heterocycles. The van der Waals surface area contributed by atoms with Crippen molar-refractivity contribution < 1.29 is 4.42 Å². The summed E-state index contributed by atoms with van der Waals surface area (Å²) in [5.74, 6) is 0.904. The molecule has 0 spiro atoms. The van der Waals surface area contributed by atoms with E-state index < -0.39 is 0 Å². The van der Waals surface area contributed by atoms with Gasteiger partial charge in [-0.3, -0.25) is 0 Å². The highest BCUT2D eigenvalue weighted by Crippen LogP contribution is 2.25. The molecular weight excluding hydrogens is 277 g/mol. The van der Waals surface area contributed by atoms with E-state index in [-0.39, 0.29) is 0 Å². The zero-order valence-corrected chi connectivity index (χ0v) is 10.2. The van der Waals surface area contributed by atoms with Gasteiger partial charge >= 0.3 is 0 Å². The Morgan fingerprint density at radius 3 is 2.87 bits per heavy atom. The standard InChI is InChI=1S/C11H9BrClNO/c12-10-6-8(3-4-11(10)13)14-7-9-2-1-5-15-9/h1-6,14H,7H2. The average Bonchev–Trinajstić information content (AvgIpc) is 2.73. The number of anilines is 1. The fourth-order valence-corrected chi connectivity index (χ4v) is 1.70. The van der Waals surface area contributed by atoms with Gasteiger partial charge in [-0.25, -0.2) is 0 Å². The molecule has 0 atom stereocenters. The van der Waals surface area contributed by atoms with Crippen molar-refractivity contribution >= 4 is 33.2 Å². The summed E-state index contributed by atoms with van der Waals surface area (Å²) in [5, 5.41) is 3.94. The Labute approximate surface area is 101 Å². The normalized spacial score (nSPS) is 10.3. The van der Waals surface area contributed by atoms with E-state index in [0.717, 1.165) is 15.9 Å². The Balaban J connectivity index is 2.02. The highest BCUT2D eigenvalue weighted by atomic mass is 79.9. The van der Waals surface area contributed by atoms with Gasteiger partial charge in [-0.15, -0.1) is 0 Å². The molecule has 1 heterocycles. The molecule has 0 aliphatic heterocycles. The van der Waals surface area contributed by atoms with Crippen LogP contribution in [0.3, 0.4) is 0 Å². The third kappa shape index (κ3) is 2.76. The van der Waals surface area contributed by atoms with Gasteiger partial charge in [0, 0.05) is 10.2 Å². The first-order chi connectivity index (χ1) is 7.25. The van der Waals surface area contributed by atoms with E-state index in [0.29, 0.717) is 11.6 Å². The summed E-state index contributed by atoms with van der Waals surface area (Å²) in [4.78, 5) is 0. The quantitative estimate of drug-likeness (QED) is 0.909. The molecule has 2 nitrogen and oxygen atoms in total. The van der Waals surface area contributed by atoms with E-state index in [4.69, 9.17) is 16.0 Å². The van der Waals surface area contributed by atoms with Gasteiger partial charge in [0.05, 0.1) is 17.8 Å². The molecule has 0 unspecified atom stereocenters. The van der Waals surface area contributed by atoms with E-state index in [2.05, 4.69) is 21.2 Å². The predicted molar refractivity (Wildman–Crippen MR) is 65.2 cm³/mol. The zero-order valence-electron chi connectivity index (χ0n) is 7.84. The van der Waals surface area contributed by atoms with E-state index in [1.54, 1.807) is 6.26 Å². The highest BCUT2D eigenvalue weighted by Gasteiger charge is 1.99. The molecule has 78 valence electrons. The van der Waals surface area contributed by atoms with Gasteiger partial charge in [-0.05, 0) is 46.3 Å². The summed E-state index contributed by atoms with van der Waals surface area (Å²) in [5.41, 5.74) is 1.00. The lowest BCUT2D eigenvalue weighted by molar-refractivity contribution is 0.518. The van der Waals surface area contributed by atoms with Crippen LogP contribution >= 0.6 is 27.5 Å². The van der Waals surface area contributed by atoms with Crippen molar-refractivity contribution in [2.45, 2.75) is 6.54 Å². The van der Waals surface area contributed by atoms with Crippen molar-refractivity contribution in [3.8, 4) is 0 Å². The van der Waals surface area contributed by atoms with Crippen LogP contribution in [0.1, 0.15) is 5.76 Å². The van der Waals surface area contributed by atoms with Gasteiger partial charge in [-0.1, -0.05) is 11.6 Å². The minimum absolute atomic E-state index is 0.668. The summed E-state index contributed by atoms with van der Waals surface area (Å²) in [6, 6.07) is 9.50. The maximum atomic E-state index is 5.89. The third-order valence-corrected chi connectivity index (χ3v) is 3.18. The van der Waals surface area contributed by atoms with Crippen molar-refractivity contribution in [2.75, 3.05) is 5.32 Å². The largest absolute Gasteiger partial charge is 0.467 e. The van der Waals surface area contributed by atoms with Crippen LogP contribution in [0, 0.1) is 0 Å². The molecule has 4 heteroatoms. The molecule has 0 fully saturated rings. The van der Waals surface area contributed by atoms with Gasteiger partial charge in [0.25, 0.3) is 0 Å². The summed E-state index contributed by atoms with van der Waals surface area (Å²) in [6.45, 7) is 0.668. The monoisotopic (exact) mass is 285 g/mol. The lowest BCUT2D eigenvalue weighted by Gasteiger charge is -2.05. The molecule has 2 rings (SSSR count). The fourth-order valence-electron chi connectivity index (χ4n) is 1.21. The first-order valence-electron chi connectivity index (χ1n) is 4.47. The number of furan rings is 1. The number of hydrogen-bond donors (Lipinski definition) is 1. The number of hydrogen-bond acceptors (Lipinski definition) is 2. The Morgan fingerprint density at radius 2 is 2.20 bits per heavy atom. The molecule has 0 aliphatic rings. The second-order valence-corrected chi connectivity index (χ2v) is 4.32. The number of halogens is 2. The minimum Gasteiger partial charge on any atom is -0.467 e. The van der Waals surface area contributed by atoms with Gasteiger partial charge in [0.1, 0.15) is 5.76 Å². The van der Waals surface area contributed by atoms with Crippen molar-refractivity contribution in [2.24, 2.45) is 0 Å². The fraction of sp³-hybridized carbons (Fsp3) is 0.0909. The Bertz CT molecular complexity index is 442. The van der Waals surface area contributed by atoms with Gasteiger partial charge in [-0.2, -0.15) is 0 Å². The third-order valence-electron chi connectivity index (χ3n) is 1.97. The Hall–Kier alpha value is -0.930. The molecule has 1 aromatic carbocycles. The zero-order chi connectivity index (χ0) is 10.7. The SMILES string of the molecule is Clc1ccc(NCc2ccco2)cc1Br. The van der Waals surface area contributed by atoms with Crippen LogP contribution in [0.15, 0.2) is 45.5 Å². The van der Waals surface area contributed by atoms with E-state index in [1.165, 1.54) is 0 Å². The predicted octanol–water partition coefficient (Wildman–Crippen LogP) is 4.31. The average molecular weight is 287 g/mol. The molecule has 0 radical (unpaired) electrons. The summed E-state index contributed by atoms with van der Waals surface area (Å²) in [7, 11) is 0. The molecule has 0 aliphatic carbocycles. The van der Waals surface area contributed by atoms with Crippen molar-refractivity contribution in [3.63, 3.8) is 0 Å². The van der Waals surface area contributed by atoms with Crippen molar-refractivity contribution in [1.82, 2.24) is 0 Å². The van der Waals surface area contributed by atoms with Crippen LogP contribution < -0.4 is 5.32 Å². The van der Waals surface area contributed by atoms with Crippen molar-refractivity contribution in [3.05, 3.63) is 51.9 Å². The van der Waals surface area contributed by atoms with E-state index >= 15 is 0 Å². The molecular formula is C11H9BrClNO. The smallest absolute Gasteiger partial charge is 0.122 e. The maximum absolute atomic E-state index is 5.89. The lowest BCUT2D eigenvalue weighted by atomic mass is 10.3. The topological polar surface area (TPSA) is 25.2 Å². The van der Waals surface area contributed by atoms with Crippen molar-refractivity contribution in [1.29, 1.82) is 0 Å². The first kappa shape index (κ1) is 10.6. The second-order valence-electron chi connectivity index (χ2n) is 3.06. The Morgan fingerprint density at radius 1 is 1.33 bits per heavy atom. The number of benzene rings is 1. The number of rotatable bonds is 3. The molecule has 0 saturated carbocycles. The lowest BCUT2D eigenvalue weighted by Crippen LogP contribution is -1.97. The van der Waals surface area contributed by atoms with Crippen LogP contribution in [-0.2, 0) is 6.54 Å². The molecule has 1 N–H and O–H groups in total. The van der Waals surface area contributed by atoms with Crippen LogP contribution in [0.25, 0.3) is 0 Å². The van der Waals surface area contributed by atoms with E-state index in [9.17, 15) is 0 Å². The second kappa shape index (κ2) is 4.73. The first-order valence-corrected chi connectivity index (χ1v) is 5.64. The summed E-state index contributed by atoms with van der Waals surface area (Å²) >= 11 is 9.26. The molecule has 0 amide bonds. The summed E-state index contributed by atoms with van der Waals surface area (Å²) < 4.78 is 6.09. The molecule has 0 bridgehead atoms. The van der Waals surface area contributed by atoms with Gasteiger partial charge in [0.2, 0.25) is 0 Å². The maximum Gasteiger partial charge on any atom is 0.122 e. The highest BCUT2D eigenvalue weighted by molar-refractivity contribution is 9.10. The van der Waals surface area contributed by atoms with Crippen LogP contribution in [0.4, 0.5) is 5.69 Å². The van der Waals surface area contributed by atoms with Crippen LogP contribution in [-0.4, -0.2) is 0 Å². The van der Waals surface area contributed by atoms with Crippen LogP contribution in [0.2, 0.25) is 5.02 Å². The van der Waals surface area contributed by atoms with E-state index in [1.807, 2.05) is 30.3 Å². The minimum atomic E-state index is 0.668. The summed E-state index contributed by atoms with van der Waals surface area (Å²) in [6.07, 6.45) is 1.66.